The van der Waals surface area contributed by atoms with E-state index in [0.717, 1.165) is 38.0 Å². The largest absolute Gasteiger partial charge is 0.342 e. The number of nitrogens with zero attached hydrogens (tertiary/aromatic N) is 3. The van der Waals surface area contributed by atoms with Gasteiger partial charge in [-0.05, 0) is 50.2 Å². The Kier molecular flexibility index (Phi) is 5.17. The van der Waals surface area contributed by atoms with Gasteiger partial charge in [0.1, 0.15) is 5.54 Å². The van der Waals surface area contributed by atoms with Crippen LogP contribution in [-0.4, -0.2) is 51.8 Å². The second-order valence-corrected chi connectivity index (χ2v) is 8.57. The predicted octanol–water partition coefficient (Wildman–Crippen LogP) is 2.75. The first kappa shape index (κ1) is 18.4. The number of pyridine rings is 1. The molecular formula is C21H31N5O. The molecule has 6 heteroatoms. The van der Waals surface area contributed by atoms with Gasteiger partial charge in [-0.15, -0.1) is 0 Å². The van der Waals surface area contributed by atoms with Crippen molar-refractivity contribution in [1.82, 2.24) is 20.1 Å². The maximum absolute atomic E-state index is 13.0. The van der Waals surface area contributed by atoms with Crippen LogP contribution in [0, 0.1) is 11.3 Å². The SMILES string of the molecule is CN1C(=N)N[C@]2(CCC3CCCCC[C@@H](CN3Cc3ccccn3)C2)C1=O. The van der Waals surface area contributed by atoms with Gasteiger partial charge in [0.05, 0.1) is 5.69 Å². The van der Waals surface area contributed by atoms with Crippen molar-refractivity contribution in [3.63, 3.8) is 0 Å². The third-order valence-corrected chi connectivity index (χ3v) is 6.70. The van der Waals surface area contributed by atoms with Gasteiger partial charge in [-0.2, -0.15) is 0 Å². The zero-order valence-corrected chi connectivity index (χ0v) is 16.3. The normalized spacial score (nSPS) is 32.6. The van der Waals surface area contributed by atoms with E-state index >= 15 is 0 Å². The number of guanidine groups is 1. The van der Waals surface area contributed by atoms with Crippen molar-refractivity contribution in [3.05, 3.63) is 30.1 Å². The van der Waals surface area contributed by atoms with Crippen LogP contribution in [0.1, 0.15) is 57.1 Å². The van der Waals surface area contributed by atoms with Crippen LogP contribution in [0.4, 0.5) is 0 Å². The lowest BCUT2D eigenvalue weighted by atomic mass is 9.78. The number of likely N-dealkylation sites (N-methyl/N-ethyl adjacent to an activating group) is 1. The van der Waals surface area contributed by atoms with E-state index in [-0.39, 0.29) is 11.9 Å². The van der Waals surface area contributed by atoms with Gasteiger partial charge < -0.3 is 5.32 Å². The first-order valence-corrected chi connectivity index (χ1v) is 10.4. The van der Waals surface area contributed by atoms with Crippen LogP contribution in [0.15, 0.2) is 24.4 Å². The number of amides is 1. The fraction of sp³-hybridized carbons (Fsp3) is 0.667. The first-order valence-electron chi connectivity index (χ1n) is 10.4. The molecule has 0 aromatic carbocycles. The van der Waals surface area contributed by atoms with Crippen LogP contribution in [-0.2, 0) is 11.3 Å². The number of nitrogens with one attached hydrogen (secondary N) is 2. The van der Waals surface area contributed by atoms with Crippen LogP contribution in [0.5, 0.6) is 0 Å². The lowest BCUT2D eigenvalue weighted by Gasteiger charge is -2.41. The van der Waals surface area contributed by atoms with E-state index in [1.165, 1.54) is 37.0 Å². The second kappa shape index (κ2) is 7.58. The highest BCUT2D eigenvalue weighted by Crippen LogP contribution is 2.37. The van der Waals surface area contributed by atoms with Crippen LogP contribution < -0.4 is 5.32 Å². The van der Waals surface area contributed by atoms with Gasteiger partial charge in [0.15, 0.2) is 5.96 Å². The Labute approximate surface area is 161 Å². The minimum Gasteiger partial charge on any atom is -0.342 e. The summed E-state index contributed by atoms with van der Waals surface area (Å²) in [5.74, 6) is 0.829. The lowest BCUT2D eigenvalue weighted by molar-refractivity contribution is -0.131. The topological polar surface area (TPSA) is 72.3 Å². The van der Waals surface area contributed by atoms with E-state index < -0.39 is 5.54 Å². The predicted molar refractivity (Wildman–Crippen MR) is 105 cm³/mol. The van der Waals surface area contributed by atoms with Crippen LogP contribution >= 0.6 is 0 Å². The van der Waals surface area contributed by atoms with E-state index in [4.69, 9.17) is 5.41 Å². The summed E-state index contributed by atoms with van der Waals surface area (Å²) < 4.78 is 0. The monoisotopic (exact) mass is 369 g/mol. The summed E-state index contributed by atoms with van der Waals surface area (Å²) in [5, 5.41) is 11.4. The Bertz CT molecular complexity index is 693. The number of carbonyl (C=O) groups is 1. The summed E-state index contributed by atoms with van der Waals surface area (Å²) in [5.41, 5.74) is 0.572. The van der Waals surface area contributed by atoms with E-state index in [9.17, 15) is 4.79 Å². The fourth-order valence-corrected chi connectivity index (χ4v) is 5.23. The fourth-order valence-electron chi connectivity index (χ4n) is 5.23. The molecule has 1 aromatic rings. The Morgan fingerprint density at radius 3 is 2.85 bits per heavy atom. The van der Waals surface area contributed by atoms with E-state index in [2.05, 4.69) is 27.3 Å². The maximum Gasteiger partial charge on any atom is 0.254 e. The summed E-state index contributed by atoms with van der Waals surface area (Å²) in [6, 6.07) is 6.64. The molecule has 4 heterocycles. The van der Waals surface area contributed by atoms with E-state index in [0.29, 0.717) is 12.0 Å². The van der Waals surface area contributed by atoms with E-state index in [1.54, 1.807) is 7.05 Å². The molecule has 27 heavy (non-hydrogen) atoms. The Morgan fingerprint density at radius 2 is 2.11 bits per heavy atom. The van der Waals surface area contributed by atoms with E-state index in [1.807, 2.05) is 12.3 Å². The molecule has 146 valence electrons. The van der Waals surface area contributed by atoms with Crippen LogP contribution in [0.25, 0.3) is 0 Å². The average Bonchev–Trinajstić information content (AvgIpc) is 2.90. The molecule has 1 aromatic heterocycles. The molecule has 0 aliphatic carbocycles. The van der Waals surface area contributed by atoms with Crippen molar-refractivity contribution in [2.24, 2.45) is 5.92 Å². The highest BCUT2D eigenvalue weighted by molar-refractivity contribution is 6.07. The number of hydrogen-bond donors (Lipinski definition) is 2. The van der Waals surface area contributed by atoms with Crippen molar-refractivity contribution >= 4 is 11.9 Å². The van der Waals surface area contributed by atoms with Crippen molar-refractivity contribution in [3.8, 4) is 0 Å². The lowest BCUT2D eigenvalue weighted by Crippen LogP contribution is -2.53. The molecule has 0 radical (unpaired) electrons. The number of hydrogen-bond acceptors (Lipinski definition) is 4. The number of aromatic nitrogens is 1. The molecule has 3 aliphatic rings. The molecule has 0 saturated carbocycles. The third kappa shape index (κ3) is 3.72. The Hall–Kier alpha value is -1.95. The molecular weight excluding hydrogens is 338 g/mol. The van der Waals surface area contributed by atoms with Gasteiger partial charge in [0.2, 0.25) is 0 Å². The Morgan fingerprint density at radius 1 is 1.26 bits per heavy atom. The molecule has 4 rings (SSSR count). The summed E-state index contributed by atoms with van der Waals surface area (Å²) in [6.45, 7) is 1.92. The summed E-state index contributed by atoms with van der Waals surface area (Å²) in [7, 11) is 1.73. The standard InChI is InChI=1S/C21H31N5O/c1-25-19(27)21(24-20(25)22)11-10-18-9-4-2-3-7-16(13-21)14-26(18)15-17-8-5-6-12-23-17/h5-6,8,12,16,18H,2-4,7,9-11,13-15H2,1H3,(H2,22,24)/t16-,18?,21+/m1/s1. The van der Waals surface area contributed by atoms with Gasteiger partial charge in [-0.25, -0.2) is 0 Å². The molecule has 3 saturated heterocycles. The zero-order valence-electron chi connectivity index (χ0n) is 16.3. The Balaban J connectivity index is 1.59. The van der Waals surface area contributed by atoms with Crippen molar-refractivity contribution in [1.29, 1.82) is 5.41 Å². The van der Waals surface area contributed by atoms with Crippen LogP contribution in [0.2, 0.25) is 0 Å². The molecule has 3 aliphatic heterocycles. The second-order valence-electron chi connectivity index (χ2n) is 8.57. The molecule has 1 spiro atoms. The molecule has 1 amide bonds. The quantitative estimate of drug-likeness (QED) is 0.841. The number of rotatable bonds is 2. The molecule has 6 nitrogen and oxygen atoms in total. The maximum atomic E-state index is 13.0. The number of fused-ring (bicyclic) bond motifs is 3. The van der Waals surface area contributed by atoms with Crippen LogP contribution in [0.3, 0.4) is 0 Å². The zero-order chi connectivity index (χ0) is 18.9. The smallest absolute Gasteiger partial charge is 0.254 e. The summed E-state index contributed by atoms with van der Waals surface area (Å²) >= 11 is 0. The first-order chi connectivity index (χ1) is 13.1. The minimum atomic E-state index is -0.559. The molecule has 2 bridgehead atoms. The van der Waals surface area contributed by atoms with Gasteiger partial charge >= 0.3 is 0 Å². The van der Waals surface area contributed by atoms with Crippen molar-refractivity contribution in [2.75, 3.05) is 13.6 Å². The van der Waals surface area contributed by atoms with Gasteiger partial charge in [-0.1, -0.05) is 25.3 Å². The average molecular weight is 370 g/mol. The summed E-state index contributed by atoms with van der Waals surface area (Å²) in [6.07, 6.45) is 10.7. The van der Waals surface area contributed by atoms with Crippen molar-refractivity contribution < 1.29 is 4.79 Å². The van der Waals surface area contributed by atoms with Gasteiger partial charge in [-0.3, -0.25) is 25.0 Å². The van der Waals surface area contributed by atoms with Crippen molar-refractivity contribution in [2.45, 2.75) is 69.5 Å². The van der Waals surface area contributed by atoms with Gasteiger partial charge in [0.25, 0.3) is 5.91 Å². The summed E-state index contributed by atoms with van der Waals surface area (Å²) in [4.78, 5) is 21.7. The van der Waals surface area contributed by atoms with Gasteiger partial charge in [0, 0.05) is 32.4 Å². The highest BCUT2D eigenvalue weighted by Gasteiger charge is 2.50. The molecule has 1 unspecified atom stereocenters. The third-order valence-electron chi connectivity index (χ3n) is 6.70. The number of carbonyl (C=O) groups excluding carboxylic acids is 1. The molecule has 3 fully saturated rings. The molecule has 3 atom stereocenters. The highest BCUT2D eigenvalue weighted by atomic mass is 16.2. The molecule has 2 N–H and O–H groups in total. The minimum absolute atomic E-state index is 0.0914.